The Morgan fingerprint density at radius 2 is 0.923 bits per heavy atom. The number of para-hydroxylation sites is 1. The molecule has 0 atom stereocenters. The number of amides is 2. The number of nitrogens with zero attached hydrogens (tertiary/aromatic N) is 1. The second kappa shape index (κ2) is 6.69. The summed E-state index contributed by atoms with van der Waals surface area (Å²) >= 11 is 0. The lowest BCUT2D eigenvalue weighted by Crippen LogP contribution is -2.36. The molecule has 0 saturated carbocycles. The van der Waals surface area contributed by atoms with Gasteiger partial charge in [-0.05, 0) is 23.3 Å². The minimum atomic E-state index is -0.357. The van der Waals surface area contributed by atoms with Gasteiger partial charge in [0.15, 0.2) is 0 Å². The molecular formula is C22H16N2O2. The molecule has 1 N–H and O–H groups in total. The van der Waals surface area contributed by atoms with Crippen LogP contribution in [0.5, 0.6) is 0 Å². The number of imide groups is 1. The van der Waals surface area contributed by atoms with E-state index in [4.69, 9.17) is 0 Å². The third kappa shape index (κ3) is 2.78. The maximum atomic E-state index is 13.1. The Hall–Kier alpha value is -3.66. The van der Waals surface area contributed by atoms with E-state index >= 15 is 0 Å². The summed E-state index contributed by atoms with van der Waals surface area (Å²) in [6, 6.07) is 27.7. The second-order valence-corrected chi connectivity index (χ2v) is 5.91. The number of hydrogen-bond acceptors (Lipinski definition) is 3. The number of anilines is 1. The first-order valence-electron chi connectivity index (χ1n) is 8.31. The van der Waals surface area contributed by atoms with Gasteiger partial charge in [0.05, 0.1) is 16.8 Å². The van der Waals surface area contributed by atoms with Gasteiger partial charge in [0, 0.05) is 0 Å². The van der Waals surface area contributed by atoms with Crippen molar-refractivity contribution in [2.75, 3.05) is 5.43 Å². The maximum Gasteiger partial charge on any atom is 0.281 e. The van der Waals surface area contributed by atoms with E-state index in [0.717, 1.165) is 16.1 Å². The van der Waals surface area contributed by atoms with E-state index in [0.29, 0.717) is 16.8 Å². The molecule has 126 valence electrons. The van der Waals surface area contributed by atoms with Crippen LogP contribution >= 0.6 is 0 Å². The predicted octanol–water partition coefficient (Wildman–Crippen LogP) is 3.99. The number of nitrogens with one attached hydrogen (secondary N) is 1. The zero-order chi connectivity index (χ0) is 17.9. The van der Waals surface area contributed by atoms with Gasteiger partial charge in [-0.1, -0.05) is 78.9 Å². The normalized spacial score (nSPS) is 14.1. The molecular weight excluding hydrogens is 324 g/mol. The van der Waals surface area contributed by atoms with Crippen molar-refractivity contribution in [3.05, 3.63) is 102 Å². The van der Waals surface area contributed by atoms with Crippen LogP contribution in [0, 0.1) is 0 Å². The first kappa shape index (κ1) is 15.8. The number of carbonyl (C=O) groups is 2. The largest absolute Gasteiger partial charge is 0.288 e. The SMILES string of the molecule is O=C1C(c2ccccc2)=C(c2ccccc2)C(=O)N1Nc1ccccc1. The van der Waals surface area contributed by atoms with Gasteiger partial charge in [0.25, 0.3) is 11.8 Å². The quantitative estimate of drug-likeness (QED) is 0.731. The van der Waals surface area contributed by atoms with Crippen molar-refractivity contribution in [3.8, 4) is 0 Å². The summed E-state index contributed by atoms with van der Waals surface area (Å²) in [5.41, 5.74) is 5.87. The van der Waals surface area contributed by atoms with Crippen molar-refractivity contribution in [1.29, 1.82) is 0 Å². The summed E-state index contributed by atoms with van der Waals surface area (Å²) in [6.45, 7) is 0. The van der Waals surface area contributed by atoms with Crippen LogP contribution in [-0.4, -0.2) is 16.8 Å². The molecule has 0 bridgehead atoms. The van der Waals surface area contributed by atoms with Crippen LogP contribution in [0.1, 0.15) is 11.1 Å². The molecule has 2 amide bonds. The molecule has 3 aromatic carbocycles. The van der Waals surface area contributed by atoms with Crippen LogP contribution in [0.2, 0.25) is 0 Å². The van der Waals surface area contributed by atoms with Crippen molar-refractivity contribution in [2.45, 2.75) is 0 Å². The number of hydrazine groups is 1. The minimum Gasteiger partial charge on any atom is -0.288 e. The van der Waals surface area contributed by atoms with Crippen LogP contribution in [0.15, 0.2) is 91.0 Å². The summed E-state index contributed by atoms with van der Waals surface area (Å²) in [4.78, 5) is 26.2. The Balaban J connectivity index is 1.81. The van der Waals surface area contributed by atoms with Gasteiger partial charge in [0.2, 0.25) is 0 Å². The average molecular weight is 340 g/mol. The molecule has 0 spiro atoms. The average Bonchev–Trinajstić information content (AvgIpc) is 2.95. The van der Waals surface area contributed by atoms with E-state index in [9.17, 15) is 9.59 Å². The van der Waals surface area contributed by atoms with Gasteiger partial charge in [-0.15, -0.1) is 0 Å². The number of benzene rings is 3. The highest BCUT2D eigenvalue weighted by atomic mass is 16.2. The lowest BCUT2D eigenvalue weighted by molar-refractivity contribution is -0.134. The van der Waals surface area contributed by atoms with Crippen LogP contribution in [0.3, 0.4) is 0 Å². The summed E-state index contributed by atoms with van der Waals surface area (Å²) in [6.07, 6.45) is 0. The molecule has 1 heterocycles. The van der Waals surface area contributed by atoms with Crippen LogP contribution in [-0.2, 0) is 9.59 Å². The number of carbonyl (C=O) groups excluding carboxylic acids is 2. The zero-order valence-electron chi connectivity index (χ0n) is 13.9. The molecule has 0 radical (unpaired) electrons. The fourth-order valence-electron chi connectivity index (χ4n) is 3.02. The summed E-state index contributed by atoms with van der Waals surface area (Å²) in [5.74, 6) is -0.715. The molecule has 3 aromatic rings. The Labute approximate surface area is 151 Å². The highest BCUT2D eigenvalue weighted by molar-refractivity contribution is 6.49. The van der Waals surface area contributed by atoms with Gasteiger partial charge in [-0.25, -0.2) is 0 Å². The van der Waals surface area contributed by atoms with Crippen molar-refractivity contribution in [3.63, 3.8) is 0 Å². The van der Waals surface area contributed by atoms with Gasteiger partial charge < -0.3 is 0 Å². The molecule has 0 aromatic heterocycles. The fraction of sp³-hybridized carbons (Fsp3) is 0. The van der Waals surface area contributed by atoms with Gasteiger partial charge >= 0.3 is 0 Å². The number of rotatable bonds is 4. The van der Waals surface area contributed by atoms with E-state index in [2.05, 4.69) is 5.43 Å². The van der Waals surface area contributed by atoms with E-state index in [1.54, 1.807) is 0 Å². The van der Waals surface area contributed by atoms with Crippen molar-refractivity contribution >= 4 is 28.6 Å². The molecule has 4 nitrogen and oxygen atoms in total. The van der Waals surface area contributed by atoms with Crippen LogP contribution in [0.4, 0.5) is 5.69 Å². The number of hydrogen-bond donors (Lipinski definition) is 1. The molecule has 1 aliphatic rings. The Morgan fingerprint density at radius 1 is 0.538 bits per heavy atom. The monoisotopic (exact) mass is 340 g/mol. The maximum absolute atomic E-state index is 13.1. The predicted molar refractivity (Wildman–Crippen MR) is 102 cm³/mol. The first-order valence-corrected chi connectivity index (χ1v) is 8.31. The molecule has 4 heteroatoms. The van der Waals surface area contributed by atoms with Gasteiger partial charge in [-0.3, -0.25) is 15.0 Å². The summed E-state index contributed by atoms with van der Waals surface area (Å²) < 4.78 is 0. The van der Waals surface area contributed by atoms with Crippen molar-refractivity contribution in [1.82, 2.24) is 5.01 Å². The highest BCUT2D eigenvalue weighted by Gasteiger charge is 2.39. The van der Waals surface area contributed by atoms with Gasteiger partial charge in [-0.2, -0.15) is 5.01 Å². The lowest BCUT2D eigenvalue weighted by atomic mass is 9.96. The van der Waals surface area contributed by atoms with E-state index in [-0.39, 0.29) is 11.8 Å². The topological polar surface area (TPSA) is 49.4 Å². The fourth-order valence-corrected chi connectivity index (χ4v) is 3.02. The molecule has 0 saturated heterocycles. The Bertz CT molecular complexity index is 919. The first-order chi connectivity index (χ1) is 12.8. The molecule has 4 rings (SSSR count). The molecule has 0 aliphatic carbocycles. The lowest BCUT2D eigenvalue weighted by Gasteiger charge is -2.17. The third-order valence-corrected chi connectivity index (χ3v) is 4.22. The zero-order valence-corrected chi connectivity index (χ0v) is 13.9. The molecule has 0 fully saturated rings. The van der Waals surface area contributed by atoms with Crippen LogP contribution in [0.25, 0.3) is 11.1 Å². The van der Waals surface area contributed by atoms with E-state index in [1.165, 1.54) is 0 Å². The highest BCUT2D eigenvalue weighted by Crippen LogP contribution is 2.35. The standard InChI is InChI=1S/C22H16N2O2/c25-21-19(16-10-4-1-5-11-16)20(17-12-6-2-7-13-17)22(26)24(21)23-18-14-8-3-9-15-18/h1-15,23H. The molecule has 26 heavy (non-hydrogen) atoms. The van der Waals surface area contributed by atoms with Crippen LogP contribution < -0.4 is 5.43 Å². The summed E-state index contributed by atoms with van der Waals surface area (Å²) in [5, 5.41) is 1.08. The Morgan fingerprint density at radius 3 is 1.35 bits per heavy atom. The second-order valence-electron chi connectivity index (χ2n) is 5.91. The van der Waals surface area contributed by atoms with E-state index in [1.807, 2.05) is 91.0 Å². The Kier molecular flexibility index (Phi) is 4.07. The minimum absolute atomic E-state index is 0.357. The van der Waals surface area contributed by atoms with Crippen molar-refractivity contribution in [2.24, 2.45) is 0 Å². The smallest absolute Gasteiger partial charge is 0.281 e. The summed E-state index contributed by atoms with van der Waals surface area (Å²) in [7, 11) is 0. The molecule has 0 unspecified atom stereocenters. The third-order valence-electron chi connectivity index (χ3n) is 4.22. The van der Waals surface area contributed by atoms with Crippen molar-refractivity contribution < 1.29 is 9.59 Å². The van der Waals surface area contributed by atoms with E-state index < -0.39 is 0 Å². The molecule has 1 aliphatic heterocycles. The van der Waals surface area contributed by atoms with Gasteiger partial charge in [0.1, 0.15) is 0 Å².